The van der Waals surface area contributed by atoms with Gasteiger partial charge in [0.25, 0.3) is 0 Å². The number of carbonyl (C=O) groups excluding carboxylic acids is 4. The SMILES string of the molecule is CC(=O)COC(=O)c1cccc(N2C(=O)[C@H]3CCCC[C@@H]3C2=O)c1. The van der Waals surface area contributed by atoms with Crippen molar-refractivity contribution in [2.45, 2.75) is 32.6 Å². The van der Waals surface area contributed by atoms with E-state index >= 15 is 0 Å². The summed E-state index contributed by atoms with van der Waals surface area (Å²) >= 11 is 0. The third-order valence-electron chi connectivity index (χ3n) is 4.59. The molecule has 1 saturated carbocycles. The topological polar surface area (TPSA) is 80.8 Å². The Kier molecular flexibility index (Phi) is 4.46. The maximum atomic E-state index is 12.6. The minimum atomic E-state index is -0.649. The molecule has 0 unspecified atom stereocenters. The van der Waals surface area contributed by atoms with Crippen molar-refractivity contribution in [1.29, 1.82) is 0 Å². The molecule has 3 rings (SSSR count). The van der Waals surface area contributed by atoms with Crippen LogP contribution in [0.3, 0.4) is 0 Å². The molecule has 24 heavy (non-hydrogen) atoms. The first-order valence-electron chi connectivity index (χ1n) is 8.13. The van der Waals surface area contributed by atoms with Gasteiger partial charge in [0.05, 0.1) is 23.1 Å². The Balaban J connectivity index is 1.83. The molecule has 2 atom stereocenters. The largest absolute Gasteiger partial charge is 0.454 e. The molecule has 6 heteroatoms. The Hall–Kier alpha value is -2.50. The van der Waals surface area contributed by atoms with Crippen molar-refractivity contribution >= 4 is 29.3 Å². The van der Waals surface area contributed by atoms with Gasteiger partial charge >= 0.3 is 5.97 Å². The molecule has 2 fully saturated rings. The standard InChI is InChI=1S/C18H19NO5/c1-11(20)10-24-18(23)12-5-4-6-13(9-12)19-16(21)14-7-2-3-8-15(14)17(19)22/h4-6,9,14-15H,2-3,7-8,10H2,1H3/t14-,15-/m0/s1. The number of ketones is 1. The predicted octanol–water partition coefficient (Wildman–Crippen LogP) is 2.11. The quantitative estimate of drug-likeness (QED) is 0.624. The van der Waals surface area contributed by atoms with Gasteiger partial charge in [0.15, 0.2) is 5.78 Å². The highest BCUT2D eigenvalue weighted by Gasteiger charge is 2.48. The lowest BCUT2D eigenvalue weighted by atomic mass is 9.81. The monoisotopic (exact) mass is 329 g/mol. The molecule has 1 aliphatic heterocycles. The first kappa shape index (κ1) is 16.4. The lowest BCUT2D eigenvalue weighted by Gasteiger charge is -2.19. The molecule has 1 heterocycles. The van der Waals surface area contributed by atoms with Gasteiger partial charge in [-0.15, -0.1) is 0 Å². The zero-order valence-electron chi connectivity index (χ0n) is 13.5. The number of benzene rings is 1. The Labute approximate surface area is 139 Å². The van der Waals surface area contributed by atoms with Crippen molar-refractivity contribution in [3.63, 3.8) is 0 Å². The lowest BCUT2D eigenvalue weighted by molar-refractivity contribution is -0.122. The second-order valence-corrected chi connectivity index (χ2v) is 6.34. The minimum absolute atomic E-state index is 0.182. The van der Waals surface area contributed by atoms with Crippen LogP contribution in [0, 0.1) is 11.8 Å². The molecule has 1 aromatic rings. The third-order valence-corrected chi connectivity index (χ3v) is 4.59. The van der Waals surface area contributed by atoms with E-state index in [4.69, 9.17) is 4.74 Å². The molecule has 1 aliphatic carbocycles. The molecule has 0 N–H and O–H groups in total. The fourth-order valence-corrected chi connectivity index (χ4v) is 3.44. The van der Waals surface area contributed by atoms with Gasteiger partial charge in [-0.25, -0.2) is 4.79 Å². The first-order chi connectivity index (χ1) is 11.5. The van der Waals surface area contributed by atoms with E-state index < -0.39 is 5.97 Å². The zero-order valence-corrected chi connectivity index (χ0v) is 13.5. The summed E-state index contributed by atoms with van der Waals surface area (Å²) in [5.41, 5.74) is 0.598. The number of amides is 2. The van der Waals surface area contributed by atoms with Crippen LogP contribution in [0.1, 0.15) is 43.0 Å². The van der Waals surface area contributed by atoms with Gasteiger partial charge in [0, 0.05) is 0 Å². The number of nitrogens with zero attached hydrogens (tertiary/aromatic N) is 1. The summed E-state index contributed by atoms with van der Waals surface area (Å²) in [6.45, 7) is 1.03. The zero-order chi connectivity index (χ0) is 17.3. The average molecular weight is 329 g/mol. The normalized spacial score (nSPS) is 23.1. The van der Waals surface area contributed by atoms with E-state index in [9.17, 15) is 19.2 Å². The molecular formula is C18H19NO5. The summed E-state index contributed by atoms with van der Waals surface area (Å²) in [6, 6.07) is 6.23. The van der Waals surface area contributed by atoms with E-state index in [2.05, 4.69) is 0 Å². The van der Waals surface area contributed by atoms with E-state index in [1.165, 1.54) is 24.0 Å². The number of Topliss-reactive ketones (excluding diaryl/α,β-unsaturated/α-hetero) is 1. The second kappa shape index (κ2) is 6.55. The Morgan fingerprint density at radius 2 is 1.75 bits per heavy atom. The van der Waals surface area contributed by atoms with Crippen LogP contribution >= 0.6 is 0 Å². The number of ether oxygens (including phenoxy) is 1. The van der Waals surface area contributed by atoms with Gasteiger partial charge < -0.3 is 4.74 Å². The van der Waals surface area contributed by atoms with Gasteiger partial charge in [0.1, 0.15) is 6.61 Å². The van der Waals surface area contributed by atoms with Crippen LogP contribution < -0.4 is 4.90 Å². The maximum absolute atomic E-state index is 12.6. The van der Waals surface area contributed by atoms with Crippen molar-refractivity contribution in [1.82, 2.24) is 0 Å². The number of esters is 1. The Morgan fingerprint density at radius 3 is 2.33 bits per heavy atom. The van der Waals surface area contributed by atoms with Crippen LogP contribution in [-0.2, 0) is 19.1 Å². The van der Waals surface area contributed by atoms with Crippen molar-refractivity contribution in [3.8, 4) is 0 Å². The molecule has 1 aromatic carbocycles. The number of carbonyl (C=O) groups is 4. The van der Waals surface area contributed by atoms with E-state index in [0.29, 0.717) is 5.69 Å². The second-order valence-electron chi connectivity index (χ2n) is 6.34. The summed E-state index contributed by atoms with van der Waals surface area (Å²) in [6.07, 6.45) is 3.41. The summed E-state index contributed by atoms with van der Waals surface area (Å²) in [7, 11) is 0. The number of hydrogen-bond donors (Lipinski definition) is 0. The molecule has 1 saturated heterocycles. The van der Waals surface area contributed by atoms with Gasteiger partial charge in [0.2, 0.25) is 11.8 Å². The Bertz CT molecular complexity index is 687. The average Bonchev–Trinajstić information content (AvgIpc) is 2.84. The van der Waals surface area contributed by atoms with E-state index in [-0.39, 0.29) is 41.6 Å². The van der Waals surface area contributed by atoms with Crippen molar-refractivity contribution < 1.29 is 23.9 Å². The summed E-state index contributed by atoms with van der Waals surface area (Å²) < 4.78 is 4.88. The highest BCUT2D eigenvalue weighted by Crippen LogP contribution is 2.40. The van der Waals surface area contributed by atoms with Gasteiger partial charge in [-0.2, -0.15) is 0 Å². The van der Waals surface area contributed by atoms with Crippen LogP contribution in [0.4, 0.5) is 5.69 Å². The molecule has 0 bridgehead atoms. The number of imide groups is 1. The van der Waals surface area contributed by atoms with E-state index in [1.54, 1.807) is 12.1 Å². The Morgan fingerprint density at radius 1 is 1.12 bits per heavy atom. The van der Waals surface area contributed by atoms with Crippen molar-refractivity contribution in [2.24, 2.45) is 11.8 Å². The van der Waals surface area contributed by atoms with Gasteiger partial charge in [-0.3, -0.25) is 19.3 Å². The molecule has 126 valence electrons. The minimum Gasteiger partial charge on any atom is -0.454 e. The molecule has 2 aliphatic rings. The highest BCUT2D eigenvalue weighted by molar-refractivity contribution is 6.22. The van der Waals surface area contributed by atoms with Crippen LogP contribution in [0.2, 0.25) is 0 Å². The maximum Gasteiger partial charge on any atom is 0.338 e. The van der Waals surface area contributed by atoms with E-state index in [1.807, 2.05) is 0 Å². The molecule has 0 radical (unpaired) electrons. The fourth-order valence-electron chi connectivity index (χ4n) is 3.44. The van der Waals surface area contributed by atoms with Crippen LogP contribution in [0.25, 0.3) is 0 Å². The van der Waals surface area contributed by atoms with Gasteiger partial charge in [-0.1, -0.05) is 18.9 Å². The molecular weight excluding hydrogens is 310 g/mol. The predicted molar refractivity (Wildman–Crippen MR) is 85.3 cm³/mol. The first-order valence-corrected chi connectivity index (χ1v) is 8.13. The van der Waals surface area contributed by atoms with Crippen LogP contribution in [0.5, 0.6) is 0 Å². The van der Waals surface area contributed by atoms with Crippen LogP contribution in [0.15, 0.2) is 24.3 Å². The number of fused-ring (bicyclic) bond motifs is 1. The summed E-state index contributed by atoms with van der Waals surface area (Å²) in [4.78, 5) is 49.3. The molecule has 6 nitrogen and oxygen atoms in total. The molecule has 0 spiro atoms. The van der Waals surface area contributed by atoms with Crippen LogP contribution in [-0.4, -0.2) is 30.2 Å². The fraction of sp³-hybridized carbons (Fsp3) is 0.444. The molecule has 2 amide bonds. The number of rotatable bonds is 4. The number of hydrogen-bond acceptors (Lipinski definition) is 5. The van der Waals surface area contributed by atoms with Gasteiger partial charge in [-0.05, 0) is 38.0 Å². The van der Waals surface area contributed by atoms with E-state index in [0.717, 1.165) is 25.7 Å². The lowest BCUT2D eigenvalue weighted by Crippen LogP contribution is -2.31. The smallest absolute Gasteiger partial charge is 0.338 e. The van der Waals surface area contributed by atoms with Crippen molar-refractivity contribution in [2.75, 3.05) is 11.5 Å². The number of anilines is 1. The molecule has 0 aromatic heterocycles. The summed E-state index contributed by atoms with van der Waals surface area (Å²) in [5, 5.41) is 0. The third kappa shape index (κ3) is 2.96. The van der Waals surface area contributed by atoms with Crippen molar-refractivity contribution in [3.05, 3.63) is 29.8 Å². The highest BCUT2D eigenvalue weighted by atomic mass is 16.5. The summed E-state index contributed by atoms with van der Waals surface area (Å²) in [5.74, 6) is -1.74.